The average molecular weight is 231 g/mol. The van der Waals surface area contributed by atoms with Gasteiger partial charge >= 0.3 is 0 Å². The van der Waals surface area contributed by atoms with Gasteiger partial charge in [-0.15, -0.1) is 0 Å². The zero-order valence-electron chi connectivity index (χ0n) is 9.27. The monoisotopic (exact) mass is 231 g/mol. The Morgan fingerprint density at radius 1 is 1.47 bits per heavy atom. The van der Waals surface area contributed by atoms with Crippen LogP contribution in [0.3, 0.4) is 0 Å². The summed E-state index contributed by atoms with van der Waals surface area (Å²) in [6, 6.07) is 0. The Morgan fingerprint density at radius 3 is 2.47 bits per heavy atom. The van der Waals surface area contributed by atoms with Crippen LogP contribution in [-0.2, 0) is 16.6 Å². The first-order chi connectivity index (χ1) is 6.68. The molecule has 0 bridgehead atoms. The van der Waals surface area contributed by atoms with Gasteiger partial charge in [-0.3, -0.25) is 0 Å². The number of aryl methyl sites for hydroxylation is 1. The van der Waals surface area contributed by atoms with Gasteiger partial charge in [0.15, 0.2) is 5.03 Å². The summed E-state index contributed by atoms with van der Waals surface area (Å²) in [4.78, 5) is 3.74. The topological polar surface area (TPSA) is 78.0 Å². The lowest BCUT2D eigenvalue weighted by molar-refractivity contribution is 0.350. The van der Waals surface area contributed by atoms with Crippen molar-refractivity contribution in [2.45, 2.75) is 38.8 Å². The van der Waals surface area contributed by atoms with Gasteiger partial charge in [0.1, 0.15) is 0 Å². The number of rotatable bonds is 3. The summed E-state index contributed by atoms with van der Waals surface area (Å²) in [6.07, 6.45) is 3.90. The number of hydrogen-bond acceptors (Lipinski definition) is 3. The van der Waals surface area contributed by atoms with E-state index in [1.807, 2.05) is 0 Å². The van der Waals surface area contributed by atoms with E-state index >= 15 is 0 Å². The summed E-state index contributed by atoms with van der Waals surface area (Å²) < 4.78 is 23.6. The molecule has 0 aromatic carbocycles. The quantitative estimate of drug-likeness (QED) is 0.841. The Balaban J connectivity index is 2.70. The van der Waals surface area contributed by atoms with Crippen LogP contribution in [0.1, 0.15) is 27.2 Å². The standard InChI is InChI=1S/C9H17N3O2S/c1-9(2,3)4-5-12-6-8(11-7-12)15(10,13)14/h6-7H,4-5H2,1-3H3,(H2,10,13,14). The third-order valence-corrected chi connectivity index (χ3v) is 2.81. The van der Waals surface area contributed by atoms with E-state index in [0.29, 0.717) is 0 Å². The maximum absolute atomic E-state index is 10.9. The van der Waals surface area contributed by atoms with Crippen molar-refractivity contribution in [3.8, 4) is 0 Å². The van der Waals surface area contributed by atoms with Crippen molar-refractivity contribution in [2.75, 3.05) is 0 Å². The minimum absolute atomic E-state index is 0.0728. The second kappa shape index (κ2) is 3.94. The number of imidazole rings is 1. The molecule has 5 nitrogen and oxygen atoms in total. The van der Waals surface area contributed by atoms with Crippen LogP contribution < -0.4 is 5.14 Å². The van der Waals surface area contributed by atoms with Gasteiger partial charge in [0.2, 0.25) is 0 Å². The number of hydrogen-bond donors (Lipinski definition) is 1. The zero-order chi connectivity index (χ0) is 11.7. The van der Waals surface area contributed by atoms with E-state index in [2.05, 4.69) is 25.8 Å². The maximum Gasteiger partial charge on any atom is 0.257 e. The highest BCUT2D eigenvalue weighted by molar-refractivity contribution is 7.89. The molecule has 0 spiro atoms. The van der Waals surface area contributed by atoms with Crippen LogP contribution in [0.5, 0.6) is 0 Å². The molecule has 0 aliphatic carbocycles. The van der Waals surface area contributed by atoms with Crippen LogP contribution in [0.15, 0.2) is 17.6 Å². The Morgan fingerprint density at radius 2 is 2.07 bits per heavy atom. The lowest BCUT2D eigenvalue weighted by atomic mass is 9.92. The molecule has 1 aromatic rings. The zero-order valence-corrected chi connectivity index (χ0v) is 10.1. The molecule has 1 heterocycles. The molecule has 2 N–H and O–H groups in total. The molecule has 1 aromatic heterocycles. The van der Waals surface area contributed by atoms with Gasteiger partial charge in [0, 0.05) is 12.7 Å². The molecule has 0 atom stereocenters. The van der Waals surface area contributed by atoms with E-state index in [0.717, 1.165) is 13.0 Å². The van der Waals surface area contributed by atoms with Crippen LogP contribution in [0, 0.1) is 5.41 Å². The van der Waals surface area contributed by atoms with Crippen molar-refractivity contribution in [2.24, 2.45) is 10.6 Å². The van der Waals surface area contributed by atoms with E-state index in [1.54, 1.807) is 4.57 Å². The average Bonchev–Trinajstić information content (AvgIpc) is 2.45. The maximum atomic E-state index is 10.9. The Labute approximate surface area is 90.4 Å². The predicted molar refractivity (Wildman–Crippen MR) is 57.7 cm³/mol. The Hall–Kier alpha value is -0.880. The lowest BCUT2D eigenvalue weighted by Gasteiger charge is -2.17. The van der Waals surface area contributed by atoms with Crippen LogP contribution in [-0.4, -0.2) is 18.0 Å². The van der Waals surface area contributed by atoms with E-state index in [-0.39, 0.29) is 10.4 Å². The third-order valence-electron chi connectivity index (χ3n) is 2.02. The summed E-state index contributed by atoms with van der Waals surface area (Å²) in [7, 11) is -3.67. The van der Waals surface area contributed by atoms with Crippen molar-refractivity contribution < 1.29 is 8.42 Å². The van der Waals surface area contributed by atoms with Crippen LogP contribution in [0.2, 0.25) is 0 Å². The van der Waals surface area contributed by atoms with Crippen LogP contribution in [0.4, 0.5) is 0 Å². The van der Waals surface area contributed by atoms with Gasteiger partial charge in [-0.1, -0.05) is 20.8 Å². The summed E-state index contributed by atoms with van der Waals surface area (Å²) in [5, 5.41) is 4.88. The van der Waals surface area contributed by atoms with Crippen molar-refractivity contribution in [1.82, 2.24) is 9.55 Å². The van der Waals surface area contributed by atoms with Gasteiger partial charge in [-0.05, 0) is 11.8 Å². The number of nitrogens with zero attached hydrogens (tertiary/aromatic N) is 2. The molecule has 15 heavy (non-hydrogen) atoms. The summed E-state index contributed by atoms with van der Waals surface area (Å²) in [6.45, 7) is 7.13. The minimum atomic E-state index is -3.67. The molecule has 0 fully saturated rings. The highest BCUT2D eigenvalue weighted by Crippen LogP contribution is 2.19. The highest BCUT2D eigenvalue weighted by atomic mass is 32.2. The molecule has 1 rings (SSSR count). The fourth-order valence-electron chi connectivity index (χ4n) is 1.07. The molecule has 0 aliphatic rings. The van der Waals surface area contributed by atoms with Gasteiger partial charge in [0.05, 0.1) is 6.33 Å². The first-order valence-corrected chi connectivity index (χ1v) is 6.28. The lowest BCUT2D eigenvalue weighted by Crippen LogP contribution is -2.12. The van der Waals surface area contributed by atoms with E-state index in [1.165, 1.54) is 12.5 Å². The number of nitrogens with two attached hydrogens (primary N) is 1. The molecule has 0 amide bonds. The van der Waals surface area contributed by atoms with Crippen molar-refractivity contribution in [3.63, 3.8) is 0 Å². The molecular formula is C9H17N3O2S. The van der Waals surface area contributed by atoms with Crippen LogP contribution in [0.25, 0.3) is 0 Å². The van der Waals surface area contributed by atoms with E-state index < -0.39 is 10.0 Å². The second-order valence-electron chi connectivity index (χ2n) is 4.81. The minimum Gasteiger partial charge on any atom is -0.336 e. The SMILES string of the molecule is CC(C)(C)CCn1cnc(S(N)(=O)=O)c1. The number of sulfonamides is 1. The molecular weight excluding hydrogens is 214 g/mol. The van der Waals surface area contributed by atoms with Crippen molar-refractivity contribution in [3.05, 3.63) is 12.5 Å². The molecule has 0 unspecified atom stereocenters. The normalized spacial score (nSPS) is 13.1. The van der Waals surface area contributed by atoms with Gasteiger partial charge in [0.25, 0.3) is 10.0 Å². The van der Waals surface area contributed by atoms with Gasteiger partial charge in [-0.2, -0.15) is 0 Å². The first kappa shape index (κ1) is 12.2. The highest BCUT2D eigenvalue weighted by Gasteiger charge is 2.13. The van der Waals surface area contributed by atoms with Gasteiger partial charge in [-0.25, -0.2) is 18.5 Å². The number of primary sulfonamides is 1. The first-order valence-electron chi connectivity index (χ1n) is 4.73. The largest absolute Gasteiger partial charge is 0.336 e. The van der Waals surface area contributed by atoms with Crippen molar-refractivity contribution in [1.29, 1.82) is 0 Å². The molecule has 0 radical (unpaired) electrons. The fourth-order valence-corrected chi connectivity index (χ4v) is 1.55. The molecule has 6 heteroatoms. The number of aromatic nitrogens is 2. The Bertz CT molecular complexity index is 428. The predicted octanol–water partition coefficient (Wildman–Crippen LogP) is 0.967. The van der Waals surface area contributed by atoms with E-state index in [9.17, 15) is 8.42 Å². The van der Waals surface area contributed by atoms with E-state index in [4.69, 9.17) is 5.14 Å². The van der Waals surface area contributed by atoms with Crippen LogP contribution >= 0.6 is 0 Å². The third kappa shape index (κ3) is 4.01. The summed E-state index contributed by atoms with van der Waals surface area (Å²) >= 11 is 0. The molecule has 0 saturated carbocycles. The summed E-state index contributed by atoms with van der Waals surface area (Å²) in [5.41, 5.74) is 0.214. The molecule has 0 aliphatic heterocycles. The molecule has 86 valence electrons. The van der Waals surface area contributed by atoms with Gasteiger partial charge < -0.3 is 4.57 Å². The van der Waals surface area contributed by atoms with Crippen molar-refractivity contribution >= 4 is 10.0 Å². The smallest absolute Gasteiger partial charge is 0.257 e. The fraction of sp³-hybridized carbons (Fsp3) is 0.667. The second-order valence-corrected chi connectivity index (χ2v) is 6.31. The molecule has 0 saturated heterocycles. The Kier molecular flexibility index (Phi) is 3.20. The summed E-state index contributed by atoms with van der Waals surface area (Å²) in [5.74, 6) is 0.